The highest BCUT2D eigenvalue weighted by Gasteiger charge is 2.29. The molecule has 1 aliphatic heterocycles. The minimum absolute atomic E-state index is 0.301. The van der Waals surface area contributed by atoms with Crippen molar-refractivity contribution in [2.75, 3.05) is 19.0 Å². The fourth-order valence-electron chi connectivity index (χ4n) is 4.10. The van der Waals surface area contributed by atoms with Crippen LogP contribution in [0.3, 0.4) is 0 Å². The van der Waals surface area contributed by atoms with Crippen molar-refractivity contribution < 1.29 is 18.5 Å². The largest absolute Gasteiger partial charge is 0.497 e. The van der Waals surface area contributed by atoms with E-state index in [-0.39, 0.29) is 5.91 Å². The number of nitrogens with one attached hydrogen (secondary N) is 1. The predicted octanol–water partition coefficient (Wildman–Crippen LogP) is 4.45. The summed E-state index contributed by atoms with van der Waals surface area (Å²) in [5.41, 5.74) is 2.78. The minimum atomic E-state index is -1.03. The summed E-state index contributed by atoms with van der Waals surface area (Å²) in [5, 5.41) is 9.48. The molecule has 168 valence electrons. The van der Waals surface area contributed by atoms with Gasteiger partial charge in [0.05, 0.1) is 42.2 Å². The number of ether oxygens (including phenoxy) is 2. The summed E-state index contributed by atoms with van der Waals surface area (Å²) < 4.78 is 25.0. The molecule has 3 aromatic carbocycles. The van der Waals surface area contributed by atoms with Gasteiger partial charge in [0.2, 0.25) is 0 Å². The van der Waals surface area contributed by atoms with Crippen LogP contribution in [0.1, 0.15) is 28.5 Å². The monoisotopic (exact) mass is 461 g/mol. The average Bonchev–Trinajstić information content (AvgIpc) is 3.35. The summed E-state index contributed by atoms with van der Waals surface area (Å²) in [6.07, 6.45) is 0. The Morgan fingerprint density at radius 3 is 2.64 bits per heavy atom. The summed E-state index contributed by atoms with van der Waals surface area (Å²) in [5.74, 6) is 2.20. The summed E-state index contributed by atoms with van der Waals surface area (Å²) in [4.78, 5) is 13.7. The van der Waals surface area contributed by atoms with Crippen LogP contribution in [0.25, 0.3) is 16.5 Å². The first-order chi connectivity index (χ1) is 16.1. The number of amides is 1. The molecule has 0 saturated heterocycles. The summed E-state index contributed by atoms with van der Waals surface area (Å²) in [7, 11) is 0.581. The van der Waals surface area contributed by atoms with E-state index in [1.807, 2.05) is 67.6 Å². The van der Waals surface area contributed by atoms with Crippen LogP contribution < -0.4 is 14.8 Å². The molecule has 4 aromatic rings. The maximum atomic E-state index is 13.7. The quantitative estimate of drug-likeness (QED) is 0.459. The lowest BCUT2D eigenvalue weighted by molar-refractivity contribution is 0.102. The topological polar surface area (TPSA) is 82.4 Å². The van der Waals surface area contributed by atoms with E-state index in [0.29, 0.717) is 35.2 Å². The van der Waals surface area contributed by atoms with Crippen LogP contribution in [0.5, 0.6) is 11.5 Å². The minimum Gasteiger partial charge on any atom is -0.497 e. The Kier molecular flexibility index (Phi) is 5.60. The molecule has 1 aromatic heterocycles. The predicted molar refractivity (Wildman–Crippen MR) is 129 cm³/mol. The third kappa shape index (κ3) is 3.87. The number of carbonyl (C=O) groups excluding carboxylic acids is 1. The second-order valence-electron chi connectivity index (χ2n) is 7.66. The average molecular weight is 462 g/mol. The van der Waals surface area contributed by atoms with Gasteiger partial charge in [0.15, 0.2) is 0 Å². The van der Waals surface area contributed by atoms with Crippen molar-refractivity contribution in [3.63, 3.8) is 0 Å². The Morgan fingerprint density at radius 1 is 1.09 bits per heavy atom. The normalized spacial score (nSPS) is 14.8. The molecule has 0 fully saturated rings. The number of rotatable bonds is 6. The Hall–Kier alpha value is -3.65. The fraction of sp³-hybridized carbons (Fsp3) is 0.200. The van der Waals surface area contributed by atoms with Gasteiger partial charge in [0.1, 0.15) is 17.3 Å². The van der Waals surface area contributed by atoms with Crippen LogP contribution >= 0.6 is 0 Å². The van der Waals surface area contributed by atoms with Crippen molar-refractivity contribution in [2.24, 2.45) is 0 Å². The highest BCUT2D eigenvalue weighted by molar-refractivity contribution is 7.83. The van der Waals surface area contributed by atoms with E-state index in [4.69, 9.17) is 9.47 Å². The molecule has 1 N–H and O–H groups in total. The van der Waals surface area contributed by atoms with Crippen molar-refractivity contribution in [2.45, 2.75) is 18.4 Å². The number of fused-ring (bicyclic) bond motifs is 2. The Balaban J connectivity index is 1.60. The molecule has 1 atom stereocenters. The van der Waals surface area contributed by atoms with Crippen molar-refractivity contribution in [1.29, 1.82) is 0 Å². The summed E-state index contributed by atoms with van der Waals surface area (Å²) >= 11 is 0. The van der Waals surface area contributed by atoms with Gasteiger partial charge in [0.25, 0.3) is 5.91 Å². The molecular weight excluding hydrogens is 438 g/mol. The zero-order valence-corrected chi connectivity index (χ0v) is 19.1. The first-order valence-electron chi connectivity index (χ1n) is 10.6. The van der Waals surface area contributed by atoms with E-state index < -0.39 is 10.8 Å². The fourth-order valence-corrected chi connectivity index (χ4v) is 5.36. The maximum Gasteiger partial charge on any atom is 0.261 e. The molecule has 7 nitrogen and oxygen atoms in total. The molecule has 0 bridgehead atoms. The zero-order valence-electron chi connectivity index (χ0n) is 18.3. The van der Waals surface area contributed by atoms with Crippen molar-refractivity contribution in [3.05, 3.63) is 77.5 Å². The van der Waals surface area contributed by atoms with E-state index in [1.165, 1.54) is 0 Å². The van der Waals surface area contributed by atoms with Gasteiger partial charge in [-0.05, 0) is 48.0 Å². The van der Waals surface area contributed by atoms with Gasteiger partial charge < -0.3 is 14.8 Å². The SMILES string of the molecule is CCOc1ccc2ccccc2c1C(=O)Nc1c2c(nn1-c1ccc(OC)cc1)C[S@](=O)C2. The maximum absolute atomic E-state index is 13.7. The third-order valence-electron chi connectivity index (χ3n) is 5.64. The zero-order chi connectivity index (χ0) is 22.9. The second-order valence-corrected chi connectivity index (χ2v) is 9.12. The van der Waals surface area contributed by atoms with E-state index in [9.17, 15) is 9.00 Å². The van der Waals surface area contributed by atoms with Gasteiger partial charge in [0, 0.05) is 16.4 Å². The lowest BCUT2D eigenvalue weighted by atomic mass is 10.0. The number of carbonyl (C=O) groups is 1. The summed E-state index contributed by atoms with van der Waals surface area (Å²) in [6.45, 7) is 2.33. The molecule has 0 unspecified atom stereocenters. The number of methoxy groups -OCH3 is 1. The Labute approximate surface area is 193 Å². The van der Waals surface area contributed by atoms with Gasteiger partial charge in [-0.1, -0.05) is 30.3 Å². The van der Waals surface area contributed by atoms with Crippen LogP contribution in [0, 0.1) is 0 Å². The van der Waals surface area contributed by atoms with Gasteiger partial charge in [-0.2, -0.15) is 5.10 Å². The molecule has 0 saturated carbocycles. The number of hydrogen-bond donors (Lipinski definition) is 1. The van der Waals surface area contributed by atoms with Gasteiger partial charge in [-0.25, -0.2) is 4.68 Å². The van der Waals surface area contributed by atoms with Crippen LogP contribution in [0.4, 0.5) is 5.82 Å². The second kappa shape index (κ2) is 8.71. The van der Waals surface area contributed by atoms with Crippen molar-refractivity contribution in [3.8, 4) is 17.2 Å². The molecular formula is C25H23N3O4S. The van der Waals surface area contributed by atoms with E-state index in [1.54, 1.807) is 11.8 Å². The van der Waals surface area contributed by atoms with E-state index in [2.05, 4.69) is 10.4 Å². The van der Waals surface area contributed by atoms with E-state index in [0.717, 1.165) is 33.5 Å². The van der Waals surface area contributed by atoms with Crippen LogP contribution in [-0.2, 0) is 22.3 Å². The molecule has 8 heteroatoms. The lowest BCUT2D eigenvalue weighted by Crippen LogP contribution is -2.18. The molecule has 33 heavy (non-hydrogen) atoms. The Bertz CT molecular complexity index is 1380. The van der Waals surface area contributed by atoms with E-state index >= 15 is 0 Å². The molecule has 0 radical (unpaired) electrons. The molecule has 2 heterocycles. The van der Waals surface area contributed by atoms with Crippen molar-refractivity contribution >= 4 is 33.3 Å². The molecule has 1 amide bonds. The van der Waals surface area contributed by atoms with Gasteiger partial charge >= 0.3 is 0 Å². The Morgan fingerprint density at radius 2 is 1.88 bits per heavy atom. The van der Waals surface area contributed by atoms with Gasteiger partial charge in [-0.15, -0.1) is 0 Å². The highest BCUT2D eigenvalue weighted by Crippen LogP contribution is 2.34. The first-order valence-corrected chi connectivity index (χ1v) is 12.1. The number of nitrogens with zero attached hydrogens (tertiary/aromatic N) is 2. The molecule has 5 rings (SSSR count). The van der Waals surface area contributed by atoms with Crippen molar-refractivity contribution in [1.82, 2.24) is 9.78 Å². The molecule has 0 aliphatic carbocycles. The highest BCUT2D eigenvalue weighted by atomic mass is 32.2. The molecule has 1 aliphatic rings. The lowest BCUT2D eigenvalue weighted by Gasteiger charge is -2.15. The number of hydrogen-bond acceptors (Lipinski definition) is 5. The smallest absolute Gasteiger partial charge is 0.261 e. The third-order valence-corrected chi connectivity index (χ3v) is 6.84. The van der Waals surface area contributed by atoms with Gasteiger partial charge in [-0.3, -0.25) is 9.00 Å². The number of aromatic nitrogens is 2. The van der Waals surface area contributed by atoms with Crippen LogP contribution in [0.15, 0.2) is 60.7 Å². The van der Waals surface area contributed by atoms with Crippen LogP contribution in [0.2, 0.25) is 0 Å². The number of anilines is 1. The molecule has 0 spiro atoms. The standard InChI is InChI=1S/C25H23N3O4S/c1-3-32-22-13-8-16-6-4-5-7-19(16)23(22)25(29)26-24-20-14-33(30)15-21(20)27-28(24)17-9-11-18(31-2)12-10-17/h4-13H,3,14-15H2,1-2H3,(H,26,29)/t33-/m1/s1. The number of benzene rings is 3. The first kappa shape index (κ1) is 21.2. The summed E-state index contributed by atoms with van der Waals surface area (Å²) in [6, 6.07) is 18.9. The van der Waals surface area contributed by atoms with Crippen LogP contribution in [-0.4, -0.2) is 33.6 Å².